The first-order valence-corrected chi connectivity index (χ1v) is 8.94. The molecule has 0 radical (unpaired) electrons. The molecule has 2 N–H and O–H groups in total. The summed E-state index contributed by atoms with van der Waals surface area (Å²) in [4.78, 5) is 4.45. The van der Waals surface area contributed by atoms with Crippen molar-refractivity contribution in [3.8, 4) is 0 Å². The Hall–Kier alpha value is -1.61. The molecule has 0 fully saturated rings. The van der Waals surface area contributed by atoms with Crippen molar-refractivity contribution in [3.63, 3.8) is 0 Å². The van der Waals surface area contributed by atoms with Crippen molar-refractivity contribution in [2.24, 2.45) is 0 Å². The molecule has 128 valence electrons. The van der Waals surface area contributed by atoms with Crippen LogP contribution in [0.4, 0.5) is 5.69 Å². The van der Waals surface area contributed by atoms with E-state index in [1.165, 1.54) is 35.9 Å². The van der Waals surface area contributed by atoms with Gasteiger partial charge in [0, 0.05) is 23.3 Å². The quantitative estimate of drug-likeness (QED) is 0.694. The van der Waals surface area contributed by atoms with Gasteiger partial charge in [0.2, 0.25) is 0 Å². The number of hydrogen-bond acceptors (Lipinski definition) is 3. The summed E-state index contributed by atoms with van der Waals surface area (Å²) in [5, 5.41) is 8.18. The van der Waals surface area contributed by atoms with Crippen LogP contribution < -0.4 is 10.6 Å². The predicted molar refractivity (Wildman–Crippen MR) is 103 cm³/mol. The van der Waals surface area contributed by atoms with Crippen molar-refractivity contribution >= 4 is 16.6 Å². The number of pyridine rings is 1. The number of rotatable bonds is 7. The van der Waals surface area contributed by atoms with Gasteiger partial charge < -0.3 is 10.6 Å². The van der Waals surface area contributed by atoms with Crippen LogP contribution >= 0.6 is 0 Å². The zero-order valence-corrected chi connectivity index (χ0v) is 15.4. The molecular formula is C20H33N3. The lowest BCUT2D eigenvalue weighted by molar-refractivity contribution is 0.603. The lowest BCUT2D eigenvalue weighted by atomic mass is 10.1. The van der Waals surface area contributed by atoms with Crippen LogP contribution in [0.25, 0.3) is 10.9 Å². The highest BCUT2D eigenvalue weighted by Crippen LogP contribution is 2.23. The van der Waals surface area contributed by atoms with Gasteiger partial charge in [-0.25, -0.2) is 0 Å². The molecule has 1 heterocycles. The number of aryl methyl sites for hydroxylation is 1. The van der Waals surface area contributed by atoms with E-state index in [-0.39, 0.29) is 0 Å². The molecule has 0 bridgehead atoms. The summed E-state index contributed by atoms with van der Waals surface area (Å²) in [5.41, 5.74) is 3.50. The molecule has 0 aliphatic carbocycles. The fraction of sp³-hybridized carbons (Fsp3) is 0.550. The van der Waals surface area contributed by atoms with Crippen LogP contribution in [0.15, 0.2) is 30.5 Å². The van der Waals surface area contributed by atoms with Gasteiger partial charge in [0.05, 0.1) is 5.52 Å². The van der Waals surface area contributed by atoms with Crippen LogP contribution in [0.3, 0.4) is 0 Å². The zero-order valence-electron chi connectivity index (χ0n) is 15.4. The van der Waals surface area contributed by atoms with Crippen molar-refractivity contribution in [1.82, 2.24) is 10.3 Å². The SMILES string of the molecule is CCC.CCNCCCC(C)Nc1ccnc2cc(C)ccc12. The number of benzene rings is 1. The maximum Gasteiger partial charge on any atom is 0.0725 e. The molecule has 0 aliphatic rings. The zero-order chi connectivity index (χ0) is 17.1. The van der Waals surface area contributed by atoms with E-state index >= 15 is 0 Å². The normalized spacial score (nSPS) is 11.7. The first-order valence-electron chi connectivity index (χ1n) is 8.94. The molecule has 0 saturated heterocycles. The van der Waals surface area contributed by atoms with Crippen LogP contribution in [-0.4, -0.2) is 24.1 Å². The molecule has 0 saturated carbocycles. The van der Waals surface area contributed by atoms with Gasteiger partial charge >= 0.3 is 0 Å². The minimum absolute atomic E-state index is 0.473. The average Bonchev–Trinajstić information content (AvgIpc) is 2.52. The lowest BCUT2D eigenvalue weighted by Gasteiger charge is -2.17. The molecule has 0 amide bonds. The van der Waals surface area contributed by atoms with Crippen LogP contribution in [0.5, 0.6) is 0 Å². The Bertz CT molecular complexity index is 566. The minimum atomic E-state index is 0.473. The van der Waals surface area contributed by atoms with Gasteiger partial charge in [0.25, 0.3) is 0 Å². The minimum Gasteiger partial charge on any atom is -0.382 e. The highest BCUT2D eigenvalue weighted by molar-refractivity contribution is 5.91. The molecule has 23 heavy (non-hydrogen) atoms. The molecule has 1 atom stereocenters. The summed E-state index contributed by atoms with van der Waals surface area (Å²) >= 11 is 0. The number of hydrogen-bond donors (Lipinski definition) is 2. The molecule has 0 spiro atoms. The molecule has 0 aliphatic heterocycles. The van der Waals surface area contributed by atoms with E-state index in [0.717, 1.165) is 18.6 Å². The topological polar surface area (TPSA) is 37.0 Å². The van der Waals surface area contributed by atoms with E-state index in [0.29, 0.717) is 6.04 Å². The van der Waals surface area contributed by atoms with Crippen LogP contribution in [0.1, 0.15) is 52.5 Å². The molecule has 1 unspecified atom stereocenters. The number of fused-ring (bicyclic) bond motifs is 1. The molecule has 3 nitrogen and oxygen atoms in total. The van der Waals surface area contributed by atoms with Crippen LogP contribution in [0, 0.1) is 6.92 Å². The van der Waals surface area contributed by atoms with Gasteiger partial charge in [-0.15, -0.1) is 0 Å². The molecule has 3 heteroatoms. The van der Waals surface area contributed by atoms with Gasteiger partial charge in [-0.1, -0.05) is 39.3 Å². The first-order chi connectivity index (χ1) is 11.1. The third-order valence-corrected chi connectivity index (χ3v) is 3.54. The number of aromatic nitrogens is 1. The third kappa shape index (κ3) is 7.00. The number of anilines is 1. The highest BCUT2D eigenvalue weighted by Gasteiger charge is 2.06. The summed E-state index contributed by atoms with van der Waals surface area (Å²) in [6.45, 7) is 12.9. The lowest BCUT2D eigenvalue weighted by Crippen LogP contribution is -2.19. The molecule has 2 rings (SSSR count). The molecule has 1 aromatic heterocycles. The monoisotopic (exact) mass is 315 g/mol. The van der Waals surface area contributed by atoms with Crippen molar-refractivity contribution in [2.45, 2.75) is 59.9 Å². The Morgan fingerprint density at radius 3 is 2.57 bits per heavy atom. The smallest absolute Gasteiger partial charge is 0.0725 e. The van der Waals surface area contributed by atoms with E-state index in [1.54, 1.807) is 0 Å². The van der Waals surface area contributed by atoms with Gasteiger partial charge in [0.1, 0.15) is 0 Å². The van der Waals surface area contributed by atoms with Gasteiger partial charge in [-0.2, -0.15) is 0 Å². The second kappa shape index (κ2) is 11.0. The highest BCUT2D eigenvalue weighted by atomic mass is 14.9. The Morgan fingerprint density at radius 2 is 1.87 bits per heavy atom. The summed E-state index contributed by atoms with van der Waals surface area (Å²) in [5.74, 6) is 0. The van der Waals surface area contributed by atoms with Gasteiger partial charge in [-0.3, -0.25) is 4.98 Å². The molecular weight excluding hydrogens is 282 g/mol. The largest absolute Gasteiger partial charge is 0.382 e. The third-order valence-electron chi connectivity index (χ3n) is 3.54. The fourth-order valence-electron chi connectivity index (χ4n) is 2.43. The standard InChI is InChI=1S/C17H25N3.C3H8/c1-4-18-10-5-6-14(3)20-16-9-11-19-17-12-13(2)7-8-15(16)17;1-3-2/h7-9,11-12,14,18H,4-6,10H2,1-3H3,(H,19,20);3H2,1-2H3. The summed E-state index contributed by atoms with van der Waals surface area (Å²) < 4.78 is 0. The van der Waals surface area contributed by atoms with E-state index in [1.807, 2.05) is 6.20 Å². The van der Waals surface area contributed by atoms with Crippen LogP contribution in [0.2, 0.25) is 0 Å². The van der Waals surface area contributed by atoms with Crippen molar-refractivity contribution in [1.29, 1.82) is 0 Å². The Morgan fingerprint density at radius 1 is 1.13 bits per heavy atom. The summed E-state index contributed by atoms with van der Waals surface area (Å²) in [6.07, 6.45) is 5.50. The summed E-state index contributed by atoms with van der Waals surface area (Å²) in [6, 6.07) is 8.98. The van der Waals surface area contributed by atoms with Gasteiger partial charge in [0.15, 0.2) is 0 Å². The Labute approximate surface area is 141 Å². The second-order valence-corrected chi connectivity index (χ2v) is 6.13. The number of nitrogens with one attached hydrogen (secondary N) is 2. The average molecular weight is 316 g/mol. The Balaban J connectivity index is 0.000000816. The predicted octanol–water partition coefficient (Wildman–Crippen LogP) is 5.15. The molecule has 2 aromatic rings. The second-order valence-electron chi connectivity index (χ2n) is 6.13. The first kappa shape index (κ1) is 19.4. The van der Waals surface area contributed by atoms with Gasteiger partial charge in [-0.05, 0) is 57.5 Å². The van der Waals surface area contributed by atoms with Crippen LogP contribution in [-0.2, 0) is 0 Å². The molecule has 1 aromatic carbocycles. The maximum absolute atomic E-state index is 4.45. The Kier molecular flexibility index (Phi) is 9.30. The maximum atomic E-state index is 4.45. The van der Waals surface area contributed by atoms with E-state index in [2.05, 4.69) is 74.5 Å². The van der Waals surface area contributed by atoms with Crippen molar-refractivity contribution in [2.75, 3.05) is 18.4 Å². The van der Waals surface area contributed by atoms with E-state index in [9.17, 15) is 0 Å². The van der Waals surface area contributed by atoms with E-state index < -0.39 is 0 Å². The van der Waals surface area contributed by atoms with Crippen molar-refractivity contribution < 1.29 is 0 Å². The van der Waals surface area contributed by atoms with E-state index in [4.69, 9.17) is 0 Å². The van der Waals surface area contributed by atoms with Crippen molar-refractivity contribution in [3.05, 3.63) is 36.0 Å². The fourth-order valence-corrected chi connectivity index (χ4v) is 2.43. The number of nitrogens with zero attached hydrogens (tertiary/aromatic N) is 1. The summed E-state index contributed by atoms with van der Waals surface area (Å²) in [7, 11) is 0.